The number of hydrogen-bond acceptors (Lipinski definition) is 4. The predicted molar refractivity (Wildman–Crippen MR) is 140 cm³/mol. The van der Waals surface area contributed by atoms with Crippen LogP contribution in [-0.4, -0.2) is 33.3 Å². The van der Waals surface area contributed by atoms with Crippen LogP contribution in [0.2, 0.25) is 10.0 Å². The molecule has 0 aliphatic carbocycles. The molecule has 2 N–H and O–H groups in total. The second-order valence-corrected chi connectivity index (χ2v) is 10.3. The van der Waals surface area contributed by atoms with Crippen molar-refractivity contribution in [3.05, 3.63) is 88.4 Å². The number of halogens is 2. The van der Waals surface area contributed by atoms with Gasteiger partial charge in [-0.25, -0.2) is 8.42 Å². The zero-order chi connectivity index (χ0) is 25.4. The van der Waals surface area contributed by atoms with Gasteiger partial charge in [0.25, 0.3) is 15.9 Å². The predicted octanol–water partition coefficient (Wildman–Crippen LogP) is 5.36. The Kier molecular flexibility index (Phi) is 9.14. The average Bonchev–Trinajstić information content (AvgIpc) is 2.85. The maximum atomic E-state index is 13.4. The minimum absolute atomic E-state index is 0.00887. The van der Waals surface area contributed by atoms with Crippen molar-refractivity contribution < 1.29 is 18.0 Å². The first kappa shape index (κ1) is 26.5. The summed E-state index contributed by atoms with van der Waals surface area (Å²) in [5.41, 5.74) is 0.727. The number of nitrogens with one attached hydrogen (secondary N) is 2. The molecule has 0 aromatic heterocycles. The van der Waals surface area contributed by atoms with Crippen LogP contribution in [0.4, 0.5) is 11.4 Å². The van der Waals surface area contributed by atoms with Crippen molar-refractivity contribution in [2.75, 3.05) is 22.7 Å². The van der Waals surface area contributed by atoms with E-state index in [-0.39, 0.29) is 37.8 Å². The van der Waals surface area contributed by atoms with Crippen molar-refractivity contribution in [1.29, 1.82) is 0 Å². The lowest BCUT2D eigenvalue weighted by Gasteiger charge is -2.24. The van der Waals surface area contributed by atoms with Crippen LogP contribution in [0.1, 0.15) is 30.1 Å². The number of carbonyl (C=O) groups excluding carboxylic acids is 2. The molecule has 0 spiro atoms. The number of anilines is 2. The van der Waals surface area contributed by atoms with Gasteiger partial charge in [-0.3, -0.25) is 13.9 Å². The minimum Gasteiger partial charge on any atom is -0.352 e. The van der Waals surface area contributed by atoms with E-state index in [0.717, 1.165) is 17.1 Å². The number of amides is 2. The van der Waals surface area contributed by atoms with Crippen molar-refractivity contribution in [2.45, 2.75) is 24.7 Å². The van der Waals surface area contributed by atoms with E-state index in [1.807, 2.05) is 6.92 Å². The Morgan fingerprint density at radius 3 is 2.29 bits per heavy atom. The van der Waals surface area contributed by atoms with E-state index in [0.29, 0.717) is 6.54 Å². The van der Waals surface area contributed by atoms with Crippen LogP contribution in [-0.2, 0) is 14.8 Å². The average molecular weight is 534 g/mol. The standard InChI is InChI=1S/C25H25Cl2N3O4S/c1-2-3-15-28-25(32)20-11-7-8-12-23(20)29-24(31)17-30(18-13-14-21(26)22(27)16-18)35(33,34)19-9-5-4-6-10-19/h4-14,16H,2-3,15,17H2,1H3,(H,28,32)(H,29,31). The Morgan fingerprint density at radius 2 is 1.60 bits per heavy atom. The van der Waals surface area contributed by atoms with E-state index < -0.39 is 22.5 Å². The second-order valence-electron chi connectivity index (χ2n) is 7.63. The number of hydrogen-bond donors (Lipinski definition) is 2. The van der Waals surface area contributed by atoms with E-state index in [9.17, 15) is 18.0 Å². The molecule has 3 rings (SSSR count). The fourth-order valence-corrected chi connectivity index (χ4v) is 4.99. The van der Waals surface area contributed by atoms with Gasteiger partial charge in [-0.1, -0.05) is 66.9 Å². The van der Waals surface area contributed by atoms with Crippen molar-refractivity contribution >= 4 is 56.4 Å². The SMILES string of the molecule is CCCCNC(=O)c1ccccc1NC(=O)CN(c1ccc(Cl)c(Cl)c1)S(=O)(=O)c1ccccc1. The monoisotopic (exact) mass is 533 g/mol. The number of para-hydroxylation sites is 1. The highest BCUT2D eigenvalue weighted by Crippen LogP contribution is 2.30. The maximum Gasteiger partial charge on any atom is 0.264 e. The van der Waals surface area contributed by atoms with Crippen LogP contribution < -0.4 is 14.9 Å². The number of benzene rings is 3. The van der Waals surface area contributed by atoms with E-state index in [2.05, 4.69) is 10.6 Å². The van der Waals surface area contributed by atoms with Gasteiger partial charge in [0, 0.05) is 6.54 Å². The topological polar surface area (TPSA) is 95.6 Å². The third-order valence-corrected chi connectivity index (χ3v) is 7.60. The Morgan fingerprint density at radius 1 is 0.914 bits per heavy atom. The van der Waals surface area contributed by atoms with Crippen LogP contribution >= 0.6 is 23.2 Å². The fraction of sp³-hybridized carbons (Fsp3) is 0.200. The van der Waals surface area contributed by atoms with E-state index in [1.165, 1.54) is 30.3 Å². The van der Waals surface area contributed by atoms with Gasteiger partial charge >= 0.3 is 0 Å². The van der Waals surface area contributed by atoms with Gasteiger partial charge in [-0.05, 0) is 48.9 Å². The number of nitrogens with zero attached hydrogens (tertiary/aromatic N) is 1. The number of sulfonamides is 1. The van der Waals surface area contributed by atoms with Crippen LogP contribution in [0.5, 0.6) is 0 Å². The van der Waals surface area contributed by atoms with Crippen molar-refractivity contribution in [2.24, 2.45) is 0 Å². The molecule has 0 unspecified atom stereocenters. The number of unbranched alkanes of at least 4 members (excludes halogenated alkanes) is 1. The molecule has 10 heteroatoms. The zero-order valence-corrected chi connectivity index (χ0v) is 21.3. The summed E-state index contributed by atoms with van der Waals surface area (Å²) in [6.07, 6.45) is 1.76. The molecule has 0 fully saturated rings. The van der Waals surface area contributed by atoms with E-state index in [1.54, 1.807) is 42.5 Å². The van der Waals surface area contributed by atoms with Crippen molar-refractivity contribution in [3.8, 4) is 0 Å². The first-order valence-corrected chi connectivity index (χ1v) is 13.1. The molecule has 0 aliphatic heterocycles. The molecular formula is C25H25Cl2N3O4S. The summed E-state index contributed by atoms with van der Waals surface area (Å²) in [5.74, 6) is -0.961. The summed E-state index contributed by atoms with van der Waals surface area (Å²) in [5, 5.41) is 5.88. The van der Waals surface area contributed by atoms with Crippen molar-refractivity contribution in [3.63, 3.8) is 0 Å². The second kappa shape index (κ2) is 12.1. The zero-order valence-electron chi connectivity index (χ0n) is 19.0. The third-order valence-electron chi connectivity index (χ3n) is 5.07. The van der Waals surface area contributed by atoms with Crippen molar-refractivity contribution in [1.82, 2.24) is 5.32 Å². The maximum absolute atomic E-state index is 13.4. The van der Waals surface area contributed by atoms with Gasteiger partial charge < -0.3 is 10.6 Å². The van der Waals surface area contributed by atoms with Gasteiger partial charge in [-0.2, -0.15) is 0 Å². The minimum atomic E-state index is -4.12. The molecule has 3 aromatic carbocycles. The Balaban J connectivity index is 1.90. The summed E-state index contributed by atoms with van der Waals surface area (Å²) < 4.78 is 27.8. The molecule has 0 saturated heterocycles. The van der Waals surface area contributed by atoms with Crippen LogP contribution in [0.25, 0.3) is 0 Å². The van der Waals surface area contributed by atoms with Gasteiger partial charge in [-0.15, -0.1) is 0 Å². The summed E-state index contributed by atoms with van der Waals surface area (Å²) in [6, 6.07) is 18.6. The quantitative estimate of drug-likeness (QED) is 0.343. The van der Waals surface area contributed by atoms with Gasteiger partial charge in [0.1, 0.15) is 6.54 Å². The highest BCUT2D eigenvalue weighted by molar-refractivity contribution is 7.92. The highest BCUT2D eigenvalue weighted by atomic mass is 35.5. The molecule has 0 bridgehead atoms. The third kappa shape index (κ3) is 6.75. The smallest absolute Gasteiger partial charge is 0.264 e. The largest absolute Gasteiger partial charge is 0.352 e. The van der Waals surface area contributed by atoms with Gasteiger partial charge in [0.15, 0.2) is 0 Å². The van der Waals surface area contributed by atoms with Crippen LogP contribution in [0, 0.1) is 0 Å². The molecule has 7 nitrogen and oxygen atoms in total. The summed E-state index contributed by atoms with van der Waals surface area (Å²) in [4.78, 5) is 25.6. The first-order chi connectivity index (χ1) is 16.7. The molecule has 0 aliphatic rings. The lowest BCUT2D eigenvalue weighted by molar-refractivity contribution is -0.114. The molecule has 3 aromatic rings. The Hall–Kier alpha value is -3.07. The van der Waals surface area contributed by atoms with E-state index >= 15 is 0 Å². The van der Waals surface area contributed by atoms with E-state index in [4.69, 9.17) is 23.2 Å². The molecule has 2 amide bonds. The fourth-order valence-electron chi connectivity index (χ4n) is 3.26. The summed E-state index contributed by atoms with van der Waals surface area (Å²) in [6.45, 7) is 1.97. The summed E-state index contributed by atoms with van der Waals surface area (Å²) >= 11 is 12.1. The van der Waals surface area contributed by atoms with Crippen LogP contribution in [0.15, 0.2) is 77.7 Å². The van der Waals surface area contributed by atoms with Crippen LogP contribution in [0.3, 0.4) is 0 Å². The normalized spacial score (nSPS) is 11.1. The lowest BCUT2D eigenvalue weighted by Crippen LogP contribution is -2.38. The Labute approximate surface area is 215 Å². The molecule has 35 heavy (non-hydrogen) atoms. The molecule has 0 saturated carbocycles. The molecular weight excluding hydrogens is 509 g/mol. The molecule has 0 atom stereocenters. The molecule has 0 heterocycles. The first-order valence-electron chi connectivity index (χ1n) is 10.9. The number of carbonyl (C=O) groups is 2. The lowest BCUT2D eigenvalue weighted by atomic mass is 10.1. The summed E-state index contributed by atoms with van der Waals surface area (Å²) in [7, 11) is -4.12. The number of rotatable bonds is 10. The molecule has 184 valence electrons. The Bertz CT molecular complexity index is 1300. The highest BCUT2D eigenvalue weighted by Gasteiger charge is 2.28. The van der Waals surface area contributed by atoms with Gasteiger partial charge in [0.2, 0.25) is 5.91 Å². The van der Waals surface area contributed by atoms with Gasteiger partial charge in [0.05, 0.1) is 31.9 Å². The molecule has 0 radical (unpaired) electrons.